The number of hydrogen-bond acceptors (Lipinski definition) is 4. The van der Waals surface area contributed by atoms with Crippen LogP contribution in [0.5, 0.6) is 0 Å². The maximum atomic E-state index is 4.42. The molecule has 1 atom stereocenters. The lowest BCUT2D eigenvalue weighted by molar-refractivity contribution is 0.529. The van der Waals surface area contributed by atoms with Crippen molar-refractivity contribution in [3.63, 3.8) is 0 Å². The molecular formula is C10H20IN3S. The number of likely N-dealkylation sites (N-methyl/N-ethyl adjacent to an activating group) is 1. The third kappa shape index (κ3) is 4.01. The van der Waals surface area contributed by atoms with Crippen LogP contribution < -0.4 is 5.32 Å². The van der Waals surface area contributed by atoms with Crippen LogP contribution in [0.2, 0.25) is 0 Å². The third-order valence-electron chi connectivity index (χ3n) is 2.82. The fourth-order valence-corrected chi connectivity index (χ4v) is 3.14. The van der Waals surface area contributed by atoms with Crippen LogP contribution in [0, 0.1) is 0 Å². The first-order chi connectivity index (χ1) is 6.86. The standard InChI is InChI=1S/C10H19N3S.HI/c1-13-6-5-11-10(13)12-8-9-4-2-3-7-14-9;/h9H,2-8H2,1H3,(H,11,12);1H. The number of rotatable bonds is 2. The molecule has 0 amide bonds. The Labute approximate surface area is 113 Å². The van der Waals surface area contributed by atoms with Crippen molar-refractivity contribution < 1.29 is 0 Å². The molecule has 0 aromatic rings. The van der Waals surface area contributed by atoms with Crippen molar-refractivity contribution in [3.8, 4) is 0 Å². The molecule has 0 aromatic carbocycles. The Kier molecular flexibility index (Phi) is 6.11. The van der Waals surface area contributed by atoms with E-state index in [1.54, 1.807) is 0 Å². The van der Waals surface area contributed by atoms with E-state index in [-0.39, 0.29) is 24.0 Å². The zero-order chi connectivity index (χ0) is 9.80. The molecule has 5 heteroatoms. The average Bonchev–Trinajstić information content (AvgIpc) is 2.63. The van der Waals surface area contributed by atoms with Crippen LogP contribution in [0.4, 0.5) is 0 Å². The summed E-state index contributed by atoms with van der Waals surface area (Å²) >= 11 is 2.11. The monoisotopic (exact) mass is 341 g/mol. The summed E-state index contributed by atoms with van der Waals surface area (Å²) in [7, 11) is 2.10. The molecule has 0 bridgehead atoms. The van der Waals surface area contributed by atoms with E-state index in [4.69, 9.17) is 0 Å². The van der Waals surface area contributed by atoms with Crippen molar-refractivity contribution in [2.75, 3.05) is 32.4 Å². The van der Waals surface area contributed by atoms with Crippen molar-refractivity contribution in [3.05, 3.63) is 0 Å². The molecular weight excluding hydrogens is 321 g/mol. The number of thioether (sulfide) groups is 1. The van der Waals surface area contributed by atoms with Crippen LogP contribution in [-0.2, 0) is 0 Å². The van der Waals surface area contributed by atoms with Crippen molar-refractivity contribution in [1.82, 2.24) is 10.2 Å². The lowest BCUT2D eigenvalue weighted by Crippen LogP contribution is -2.39. The highest BCUT2D eigenvalue weighted by molar-refractivity contribution is 14.0. The van der Waals surface area contributed by atoms with Gasteiger partial charge in [0.05, 0.1) is 6.54 Å². The highest BCUT2D eigenvalue weighted by Crippen LogP contribution is 2.24. The topological polar surface area (TPSA) is 27.6 Å². The molecule has 15 heavy (non-hydrogen) atoms. The number of nitrogens with one attached hydrogen (secondary N) is 1. The van der Waals surface area contributed by atoms with Gasteiger partial charge in [-0.15, -0.1) is 24.0 Å². The Morgan fingerprint density at radius 2 is 2.40 bits per heavy atom. The van der Waals surface area contributed by atoms with E-state index in [2.05, 4.69) is 34.0 Å². The van der Waals surface area contributed by atoms with Crippen molar-refractivity contribution in [2.24, 2.45) is 4.99 Å². The highest BCUT2D eigenvalue weighted by atomic mass is 127. The molecule has 1 saturated heterocycles. The van der Waals surface area contributed by atoms with Gasteiger partial charge in [-0.05, 0) is 18.6 Å². The second kappa shape index (κ2) is 6.83. The molecule has 0 radical (unpaired) electrons. The number of halogens is 1. The summed E-state index contributed by atoms with van der Waals surface area (Å²) in [4.78, 5) is 6.63. The smallest absolute Gasteiger partial charge is 0.193 e. The van der Waals surface area contributed by atoms with E-state index >= 15 is 0 Å². The predicted octanol–water partition coefficient (Wildman–Crippen LogP) is 1.78. The molecule has 2 aliphatic rings. The third-order valence-corrected chi connectivity index (χ3v) is 4.22. The molecule has 0 aliphatic carbocycles. The SMILES string of the molecule is CN1CCN=C1NCC1CCCCS1.I. The largest absolute Gasteiger partial charge is 0.355 e. The van der Waals surface area contributed by atoms with Gasteiger partial charge in [-0.1, -0.05) is 6.42 Å². The second-order valence-electron chi connectivity index (χ2n) is 4.00. The first-order valence-corrected chi connectivity index (χ1v) is 6.52. The van der Waals surface area contributed by atoms with Crippen LogP contribution in [0.3, 0.4) is 0 Å². The van der Waals surface area contributed by atoms with Gasteiger partial charge >= 0.3 is 0 Å². The van der Waals surface area contributed by atoms with E-state index < -0.39 is 0 Å². The van der Waals surface area contributed by atoms with Crippen LogP contribution in [-0.4, -0.2) is 48.5 Å². The summed E-state index contributed by atoms with van der Waals surface area (Å²) < 4.78 is 0. The first kappa shape index (κ1) is 13.4. The van der Waals surface area contributed by atoms with Gasteiger partial charge in [-0.3, -0.25) is 4.99 Å². The first-order valence-electron chi connectivity index (χ1n) is 5.47. The maximum Gasteiger partial charge on any atom is 0.193 e. The molecule has 0 spiro atoms. The summed E-state index contributed by atoms with van der Waals surface area (Å²) in [5, 5.41) is 4.26. The van der Waals surface area contributed by atoms with Crippen molar-refractivity contribution in [2.45, 2.75) is 24.5 Å². The molecule has 88 valence electrons. The molecule has 0 saturated carbocycles. The minimum Gasteiger partial charge on any atom is -0.355 e. The molecule has 1 N–H and O–H groups in total. The Morgan fingerprint density at radius 1 is 1.53 bits per heavy atom. The Hall–Kier alpha value is 0.350. The van der Waals surface area contributed by atoms with Gasteiger partial charge in [-0.25, -0.2) is 0 Å². The molecule has 2 rings (SSSR count). The van der Waals surface area contributed by atoms with Gasteiger partial charge in [0.1, 0.15) is 0 Å². The lowest BCUT2D eigenvalue weighted by Gasteiger charge is -2.23. The van der Waals surface area contributed by atoms with Gasteiger partial charge in [0.25, 0.3) is 0 Å². The van der Waals surface area contributed by atoms with Gasteiger partial charge in [0.2, 0.25) is 0 Å². The Bertz CT molecular complexity index is 217. The zero-order valence-corrected chi connectivity index (χ0v) is 12.4. The molecule has 3 nitrogen and oxygen atoms in total. The summed E-state index contributed by atoms with van der Waals surface area (Å²) in [6, 6.07) is 0. The molecule has 1 fully saturated rings. The summed E-state index contributed by atoms with van der Waals surface area (Å²) in [5.74, 6) is 2.44. The maximum absolute atomic E-state index is 4.42. The van der Waals surface area contributed by atoms with E-state index in [9.17, 15) is 0 Å². The average molecular weight is 341 g/mol. The van der Waals surface area contributed by atoms with Crippen LogP contribution in [0.25, 0.3) is 0 Å². The van der Waals surface area contributed by atoms with Crippen molar-refractivity contribution in [1.29, 1.82) is 0 Å². The molecule has 2 heterocycles. The predicted molar refractivity (Wildman–Crippen MR) is 78.4 cm³/mol. The minimum atomic E-state index is 0. The second-order valence-corrected chi connectivity index (χ2v) is 5.40. The molecule has 2 aliphatic heterocycles. The summed E-state index contributed by atoms with van der Waals surface area (Å²) in [6.07, 6.45) is 4.18. The van der Waals surface area contributed by atoms with Crippen LogP contribution in [0.1, 0.15) is 19.3 Å². The van der Waals surface area contributed by atoms with Crippen LogP contribution >= 0.6 is 35.7 Å². The fourth-order valence-electron chi connectivity index (χ4n) is 1.90. The van der Waals surface area contributed by atoms with Gasteiger partial charge < -0.3 is 10.2 Å². The normalized spacial score (nSPS) is 25.8. The van der Waals surface area contributed by atoms with E-state index in [0.29, 0.717) is 0 Å². The number of nitrogens with zero attached hydrogens (tertiary/aromatic N) is 2. The van der Waals surface area contributed by atoms with Gasteiger partial charge in [0, 0.05) is 25.4 Å². The quantitative estimate of drug-likeness (QED) is 0.776. The Balaban J connectivity index is 0.00000112. The zero-order valence-electron chi connectivity index (χ0n) is 9.24. The van der Waals surface area contributed by atoms with Crippen molar-refractivity contribution >= 4 is 41.7 Å². The number of aliphatic imine (C=N–C) groups is 1. The molecule has 1 unspecified atom stereocenters. The highest BCUT2D eigenvalue weighted by Gasteiger charge is 2.16. The summed E-state index contributed by atoms with van der Waals surface area (Å²) in [5.41, 5.74) is 0. The van der Waals surface area contributed by atoms with E-state index in [1.165, 1.54) is 25.0 Å². The lowest BCUT2D eigenvalue weighted by atomic mass is 10.2. The Morgan fingerprint density at radius 3 is 3.00 bits per heavy atom. The summed E-state index contributed by atoms with van der Waals surface area (Å²) in [6.45, 7) is 3.12. The van der Waals surface area contributed by atoms with E-state index in [0.717, 1.165) is 30.8 Å². The minimum absolute atomic E-state index is 0. The number of hydrogen-bond donors (Lipinski definition) is 1. The van der Waals surface area contributed by atoms with E-state index in [1.807, 2.05) is 0 Å². The van der Waals surface area contributed by atoms with Gasteiger partial charge in [0.15, 0.2) is 5.96 Å². The van der Waals surface area contributed by atoms with Gasteiger partial charge in [-0.2, -0.15) is 11.8 Å². The fraction of sp³-hybridized carbons (Fsp3) is 0.900. The van der Waals surface area contributed by atoms with Crippen LogP contribution in [0.15, 0.2) is 4.99 Å². The molecule has 0 aromatic heterocycles. The number of guanidine groups is 1.